The molecule has 0 aliphatic carbocycles. The summed E-state index contributed by atoms with van der Waals surface area (Å²) in [4.78, 5) is 9.67. The Morgan fingerprint density at radius 1 is 1.38 bits per heavy atom. The van der Waals surface area contributed by atoms with Gasteiger partial charge in [0.25, 0.3) is 5.89 Å². The SMILES string of the molecule is Cc1nnsc1-c1nc(CCCCn2cnc3c2CNCN3)no1. The second kappa shape index (κ2) is 6.65. The molecule has 0 atom stereocenters. The van der Waals surface area contributed by atoms with Crippen molar-refractivity contribution in [2.75, 3.05) is 12.0 Å². The predicted molar refractivity (Wildman–Crippen MR) is 88.4 cm³/mol. The molecule has 126 valence electrons. The van der Waals surface area contributed by atoms with Gasteiger partial charge in [-0.25, -0.2) is 4.98 Å². The van der Waals surface area contributed by atoms with Gasteiger partial charge < -0.3 is 14.4 Å². The second-order valence-electron chi connectivity index (χ2n) is 5.67. The zero-order valence-corrected chi connectivity index (χ0v) is 14.1. The lowest BCUT2D eigenvalue weighted by molar-refractivity contribution is 0.421. The minimum Gasteiger partial charge on any atom is -0.356 e. The first-order valence-electron chi connectivity index (χ1n) is 7.92. The molecular formula is C14H18N8OS. The Labute approximate surface area is 142 Å². The van der Waals surface area contributed by atoms with Crippen LogP contribution < -0.4 is 10.6 Å². The molecular weight excluding hydrogens is 328 g/mol. The van der Waals surface area contributed by atoms with Gasteiger partial charge in [0.05, 0.1) is 24.4 Å². The summed E-state index contributed by atoms with van der Waals surface area (Å²) in [5.74, 6) is 2.23. The molecule has 0 radical (unpaired) electrons. The highest BCUT2D eigenvalue weighted by molar-refractivity contribution is 7.09. The summed E-state index contributed by atoms with van der Waals surface area (Å²) in [6.45, 7) is 4.46. The molecule has 3 aromatic heterocycles. The number of imidazole rings is 1. The molecule has 0 aromatic carbocycles. The van der Waals surface area contributed by atoms with E-state index >= 15 is 0 Å². The van der Waals surface area contributed by atoms with Crippen molar-refractivity contribution in [2.24, 2.45) is 0 Å². The number of rotatable bonds is 6. The Kier molecular flexibility index (Phi) is 4.22. The largest absolute Gasteiger partial charge is 0.356 e. The Morgan fingerprint density at radius 2 is 2.33 bits per heavy atom. The van der Waals surface area contributed by atoms with E-state index < -0.39 is 0 Å². The highest BCUT2D eigenvalue weighted by atomic mass is 32.1. The van der Waals surface area contributed by atoms with Crippen LogP contribution >= 0.6 is 11.5 Å². The van der Waals surface area contributed by atoms with Crippen molar-refractivity contribution < 1.29 is 4.52 Å². The van der Waals surface area contributed by atoms with Crippen LogP contribution in [0.4, 0.5) is 5.82 Å². The molecule has 3 aromatic rings. The molecule has 0 bridgehead atoms. The van der Waals surface area contributed by atoms with E-state index in [-0.39, 0.29) is 0 Å². The van der Waals surface area contributed by atoms with Crippen LogP contribution in [-0.2, 0) is 19.5 Å². The standard InChI is InChI=1S/C14H18N8OS/c1-9-12(24-21-19-9)14-18-11(20-23-14)4-2-3-5-22-8-17-13-10(22)6-15-7-16-13/h8,15-16H,2-7H2,1H3. The molecule has 4 rings (SSSR count). The number of aromatic nitrogens is 6. The van der Waals surface area contributed by atoms with Crippen LogP contribution in [0.25, 0.3) is 10.8 Å². The number of fused-ring (bicyclic) bond motifs is 1. The molecule has 0 spiro atoms. The van der Waals surface area contributed by atoms with Crippen molar-refractivity contribution >= 4 is 17.4 Å². The van der Waals surface area contributed by atoms with E-state index in [1.807, 2.05) is 13.3 Å². The molecule has 1 aliphatic heterocycles. The van der Waals surface area contributed by atoms with Crippen molar-refractivity contribution in [2.45, 2.75) is 39.3 Å². The maximum Gasteiger partial charge on any atom is 0.271 e. The number of nitrogens with one attached hydrogen (secondary N) is 2. The summed E-state index contributed by atoms with van der Waals surface area (Å²) in [6.07, 6.45) is 4.72. The Morgan fingerprint density at radius 3 is 3.21 bits per heavy atom. The minimum atomic E-state index is 0.512. The zero-order valence-electron chi connectivity index (χ0n) is 13.3. The molecule has 4 heterocycles. The second-order valence-corrected chi connectivity index (χ2v) is 6.43. The lowest BCUT2D eigenvalue weighted by Gasteiger charge is -2.16. The molecule has 1 aliphatic rings. The molecule has 0 amide bonds. The average Bonchev–Trinajstić information content (AvgIpc) is 3.31. The van der Waals surface area contributed by atoms with Crippen LogP contribution in [0, 0.1) is 6.92 Å². The smallest absolute Gasteiger partial charge is 0.271 e. The van der Waals surface area contributed by atoms with Gasteiger partial charge in [-0.1, -0.05) is 9.64 Å². The minimum absolute atomic E-state index is 0.512. The first-order valence-corrected chi connectivity index (χ1v) is 8.69. The monoisotopic (exact) mass is 346 g/mol. The maximum atomic E-state index is 5.30. The van der Waals surface area contributed by atoms with Gasteiger partial charge >= 0.3 is 0 Å². The highest BCUT2D eigenvalue weighted by Gasteiger charge is 2.15. The van der Waals surface area contributed by atoms with Crippen molar-refractivity contribution in [3.05, 3.63) is 23.5 Å². The molecule has 0 unspecified atom stereocenters. The van der Waals surface area contributed by atoms with Crippen LogP contribution in [0.3, 0.4) is 0 Å². The van der Waals surface area contributed by atoms with Gasteiger partial charge in [0, 0.05) is 19.5 Å². The van der Waals surface area contributed by atoms with E-state index in [0.717, 1.165) is 61.2 Å². The fourth-order valence-corrected chi connectivity index (χ4v) is 3.28. The molecule has 0 saturated heterocycles. The van der Waals surface area contributed by atoms with E-state index in [1.54, 1.807) is 0 Å². The summed E-state index contributed by atoms with van der Waals surface area (Å²) >= 11 is 1.28. The normalized spacial score (nSPS) is 13.7. The molecule has 0 fully saturated rings. The van der Waals surface area contributed by atoms with Gasteiger partial charge in [-0.15, -0.1) is 5.10 Å². The van der Waals surface area contributed by atoms with Gasteiger partial charge in [-0.05, 0) is 31.3 Å². The van der Waals surface area contributed by atoms with Crippen molar-refractivity contribution in [1.82, 2.24) is 34.6 Å². The summed E-state index contributed by atoms with van der Waals surface area (Å²) < 4.78 is 11.4. The summed E-state index contributed by atoms with van der Waals surface area (Å²) in [7, 11) is 0. The van der Waals surface area contributed by atoms with E-state index in [2.05, 4.69) is 39.9 Å². The van der Waals surface area contributed by atoms with Crippen LogP contribution in [0.1, 0.15) is 30.1 Å². The first kappa shape index (κ1) is 15.2. The van der Waals surface area contributed by atoms with Crippen molar-refractivity contribution in [3.63, 3.8) is 0 Å². The van der Waals surface area contributed by atoms with Crippen molar-refractivity contribution in [1.29, 1.82) is 0 Å². The van der Waals surface area contributed by atoms with Crippen LogP contribution in [0.2, 0.25) is 0 Å². The number of hydrogen-bond acceptors (Lipinski definition) is 9. The Balaban J connectivity index is 1.30. The number of nitrogens with zero attached hydrogens (tertiary/aromatic N) is 6. The maximum absolute atomic E-state index is 5.30. The van der Waals surface area contributed by atoms with Gasteiger partial charge in [0.15, 0.2) is 5.82 Å². The molecule has 9 nitrogen and oxygen atoms in total. The van der Waals surface area contributed by atoms with Gasteiger partial charge in [0.2, 0.25) is 0 Å². The van der Waals surface area contributed by atoms with E-state index in [4.69, 9.17) is 4.52 Å². The van der Waals surface area contributed by atoms with Gasteiger partial charge in [-0.2, -0.15) is 4.98 Å². The van der Waals surface area contributed by atoms with Crippen LogP contribution in [0.15, 0.2) is 10.9 Å². The van der Waals surface area contributed by atoms with Crippen molar-refractivity contribution in [3.8, 4) is 10.8 Å². The van der Waals surface area contributed by atoms with Crippen LogP contribution in [0.5, 0.6) is 0 Å². The molecule has 24 heavy (non-hydrogen) atoms. The van der Waals surface area contributed by atoms with Gasteiger partial charge in [-0.3, -0.25) is 5.32 Å². The van der Waals surface area contributed by atoms with Gasteiger partial charge in [0.1, 0.15) is 10.7 Å². The number of unbranched alkanes of at least 4 members (excludes halogenated alkanes) is 1. The molecule has 10 heteroatoms. The number of aryl methyl sites for hydroxylation is 3. The summed E-state index contributed by atoms with van der Waals surface area (Å²) in [5, 5.41) is 14.5. The third-order valence-corrected chi connectivity index (χ3v) is 4.80. The quantitative estimate of drug-likeness (QED) is 0.648. The summed E-state index contributed by atoms with van der Waals surface area (Å²) in [6, 6.07) is 0. The van der Waals surface area contributed by atoms with E-state index in [1.165, 1.54) is 17.2 Å². The third-order valence-electron chi connectivity index (χ3n) is 3.98. The Bertz CT molecular complexity index is 822. The highest BCUT2D eigenvalue weighted by Crippen LogP contribution is 2.23. The predicted octanol–water partition coefficient (Wildman–Crippen LogP) is 1.59. The zero-order chi connectivity index (χ0) is 16.4. The molecule has 2 N–H and O–H groups in total. The first-order chi connectivity index (χ1) is 11.8. The fourth-order valence-electron chi connectivity index (χ4n) is 2.70. The Hall–Kier alpha value is -2.33. The number of anilines is 1. The average molecular weight is 346 g/mol. The lowest BCUT2D eigenvalue weighted by atomic mass is 10.2. The van der Waals surface area contributed by atoms with E-state index in [0.29, 0.717) is 5.89 Å². The van der Waals surface area contributed by atoms with Crippen LogP contribution in [-0.4, -0.2) is 35.9 Å². The lowest BCUT2D eigenvalue weighted by Crippen LogP contribution is -2.28. The molecule has 0 saturated carbocycles. The fraction of sp³-hybridized carbons (Fsp3) is 0.500. The summed E-state index contributed by atoms with van der Waals surface area (Å²) in [5.41, 5.74) is 2.04. The topological polar surface area (TPSA) is 107 Å². The van der Waals surface area contributed by atoms with E-state index in [9.17, 15) is 0 Å². The number of hydrogen-bond donors (Lipinski definition) is 2. The third kappa shape index (κ3) is 3.02.